The molecule has 5 nitrogen and oxygen atoms in total. The van der Waals surface area contributed by atoms with E-state index in [1.165, 1.54) is 28.1 Å². The van der Waals surface area contributed by atoms with Gasteiger partial charge < -0.3 is 9.47 Å². The minimum absolute atomic E-state index is 0.0635. The molecule has 4 rings (SSSR count). The summed E-state index contributed by atoms with van der Waals surface area (Å²) in [7, 11) is 0. The van der Waals surface area contributed by atoms with Gasteiger partial charge in [-0.2, -0.15) is 5.26 Å². The summed E-state index contributed by atoms with van der Waals surface area (Å²) in [6, 6.07) is 2.47. The topological polar surface area (TPSA) is 57.7 Å². The Kier molecular flexibility index (Phi) is 6.57. The van der Waals surface area contributed by atoms with Crippen LogP contribution in [0.2, 0.25) is 0 Å². The molecule has 1 aliphatic heterocycles. The first-order valence-electron chi connectivity index (χ1n) is 11.7. The minimum atomic E-state index is 0.0635. The number of halogens is 1. The van der Waals surface area contributed by atoms with Crippen molar-refractivity contribution in [1.82, 2.24) is 14.5 Å². The largest absolute Gasteiger partial charge is 0.355 e. The molecule has 0 amide bonds. The average Bonchev–Trinajstić information content (AvgIpc) is 2.93. The lowest BCUT2D eigenvalue weighted by molar-refractivity contribution is 0.491. The number of aryl methyl sites for hydroxylation is 2. The standard InChI is InChI=1S/C26H32BrN5/c1-6-19-11-22(27)13-21(7-2)23(12-19)32-17(4)16(3)24-25(29-18(5)30-26(24)32)31-10-8-9-20(14-28)15-31/h11,13,20H,6-10,12,15H2,1-5H3. The first kappa shape index (κ1) is 22.8. The van der Waals surface area contributed by atoms with E-state index in [1.54, 1.807) is 0 Å². The molecule has 2 aromatic rings. The number of nitriles is 1. The van der Waals surface area contributed by atoms with E-state index in [-0.39, 0.29) is 5.92 Å². The molecule has 1 aliphatic carbocycles. The molecule has 0 saturated carbocycles. The molecule has 1 atom stereocenters. The van der Waals surface area contributed by atoms with Crippen LogP contribution in [0.15, 0.2) is 27.8 Å². The van der Waals surface area contributed by atoms with Gasteiger partial charge in [0.25, 0.3) is 0 Å². The second kappa shape index (κ2) is 9.23. The second-order valence-electron chi connectivity index (χ2n) is 8.94. The summed E-state index contributed by atoms with van der Waals surface area (Å²) in [4.78, 5) is 12.2. The lowest BCUT2D eigenvalue weighted by Gasteiger charge is -2.31. The third-order valence-electron chi connectivity index (χ3n) is 6.88. The van der Waals surface area contributed by atoms with Gasteiger partial charge >= 0.3 is 0 Å². The number of fused-ring (bicyclic) bond motifs is 1. The Balaban J connectivity index is 1.97. The second-order valence-corrected chi connectivity index (χ2v) is 9.86. The van der Waals surface area contributed by atoms with E-state index >= 15 is 0 Å². The number of piperidine rings is 1. The van der Waals surface area contributed by atoms with E-state index in [2.05, 4.69) is 71.3 Å². The van der Waals surface area contributed by atoms with Gasteiger partial charge in [-0.25, -0.2) is 9.97 Å². The Morgan fingerprint density at radius 3 is 2.62 bits per heavy atom. The fourth-order valence-corrected chi connectivity index (χ4v) is 5.60. The van der Waals surface area contributed by atoms with Crippen molar-refractivity contribution in [3.05, 3.63) is 44.9 Å². The summed E-state index contributed by atoms with van der Waals surface area (Å²) in [5.74, 6) is 1.83. The highest BCUT2D eigenvalue weighted by molar-refractivity contribution is 9.11. The molecule has 0 aromatic carbocycles. The van der Waals surface area contributed by atoms with Gasteiger partial charge in [0.1, 0.15) is 11.6 Å². The summed E-state index contributed by atoms with van der Waals surface area (Å²) in [5.41, 5.74) is 7.48. The molecule has 32 heavy (non-hydrogen) atoms. The van der Waals surface area contributed by atoms with Gasteiger partial charge in [-0.15, -0.1) is 0 Å². The Morgan fingerprint density at radius 2 is 1.94 bits per heavy atom. The highest BCUT2D eigenvalue weighted by atomic mass is 79.9. The summed E-state index contributed by atoms with van der Waals surface area (Å²) < 4.78 is 3.51. The molecular formula is C26H32BrN5. The van der Waals surface area contributed by atoms with Crippen molar-refractivity contribution in [2.75, 3.05) is 18.0 Å². The first-order chi connectivity index (χ1) is 15.4. The van der Waals surface area contributed by atoms with E-state index in [1.807, 2.05) is 6.92 Å². The summed E-state index contributed by atoms with van der Waals surface area (Å²) >= 11 is 3.74. The van der Waals surface area contributed by atoms with Gasteiger partial charge in [0.2, 0.25) is 0 Å². The monoisotopic (exact) mass is 493 g/mol. The molecule has 0 radical (unpaired) electrons. The molecule has 3 heterocycles. The Morgan fingerprint density at radius 1 is 1.16 bits per heavy atom. The zero-order chi connectivity index (χ0) is 23.0. The van der Waals surface area contributed by atoms with Crippen LogP contribution in [0.4, 0.5) is 5.82 Å². The Labute approximate surface area is 199 Å². The van der Waals surface area contributed by atoms with Crippen LogP contribution in [0.3, 0.4) is 0 Å². The van der Waals surface area contributed by atoms with Crippen molar-refractivity contribution < 1.29 is 0 Å². The van der Waals surface area contributed by atoms with E-state index in [0.29, 0.717) is 0 Å². The molecule has 1 fully saturated rings. The van der Waals surface area contributed by atoms with Crippen molar-refractivity contribution in [2.24, 2.45) is 5.92 Å². The fourth-order valence-electron chi connectivity index (χ4n) is 5.00. The number of anilines is 1. The minimum Gasteiger partial charge on any atom is -0.355 e. The maximum Gasteiger partial charge on any atom is 0.150 e. The van der Waals surface area contributed by atoms with Crippen LogP contribution in [-0.4, -0.2) is 27.6 Å². The van der Waals surface area contributed by atoms with Crippen molar-refractivity contribution in [3.63, 3.8) is 0 Å². The molecule has 6 heteroatoms. The molecular weight excluding hydrogens is 462 g/mol. The van der Waals surface area contributed by atoms with Gasteiger partial charge in [-0.1, -0.05) is 35.4 Å². The summed E-state index contributed by atoms with van der Waals surface area (Å²) in [6.07, 6.45) is 9.40. The van der Waals surface area contributed by atoms with Gasteiger partial charge in [-0.3, -0.25) is 0 Å². The van der Waals surface area contributed by atoms with Crippen molar-refractivity contribution in [2.45, 2.75) is 66.7 Å². The number of hydrogen-bond donors (Lipinski definition) is 0. The van der Waals surface area contributed by atoms with Gasteiger partial charge in [-0.05, 0) is 69.7 Å². The number of aromatic nitrogens is 3. The molecule has 1 unspecified atom stereocenters. The van der Waals surface area contributed by atoms with Crippen LogP contribution in [0.5, 0.6) is 0 Å². The van der Waals surface area contributed by atoms with E-state index < -0.39 is 0 Å². The molecule has 1 saturated heterocycles. The third-order valence-corrected chi connectivity index (χ3v) is 7.33. The lowest BCUT2D eigenvalue weighted by Crippen LogP contribution is -2.35. The number of hydrogen-bond acceptors (Lipinski definition) is 4. The predicted octanol–water partition coefficient (Wildman–Crippen LogP) is 6.74. The molecule has 168 valence electrons. The van der Waals surface area contributed by atoms with Crippen LogP contribution in [0, 0.1) is 38.0 Å². The summed E-state index contributed by atoms with van der Waals surface area (Å²) in [6.45, 7) is 12.5. The molecule has 0 N–H and O–H groups in total. The van der Waals surface area contributed by atoms with Gasteiger partial charge in [0, 0.05) is 35.4 Å². The Bertz CT molecular complexity index is 1190. The SMILES string of the molecule is CCC1=CC(Br)=CC(CC)=C(n2c(C)c(C)c3c(N4CCCC(C#N)C4)nc(C)nc32)C1. The van der Waals surface area contributed by atoms with E-state index in [0.717, 1.165) is 72.4 Å². The number of allylic oxidation sites excluding steroid dienone is 6. The highest BCUT2D eigenvalue weighted by Gasteiger charge is 2.27. The fraction of sp³-hybridized carbons (Fsp3) is 0.500. The number of rotatable bonds is 4. The molecule has 0 spiro atoms. The smallest absolute Gasteiger partial charge is 0.150 e. The molecule has 2 aliphatic rings. The zero-order valence-electron chi connectivity index (χ0n) is 19.8. The van der Waals surface area contributed by atoms with Crippen LogP contribution in [-0.2, 0) is 0 Å². The van der Waals surface area contributed by atoms with Crippen LogP contribution in [0.1, 0.15) is 63.0 Å². The van der Waals surface area contributed by atoms with Crippen LogP contribution in [0.25, 0.3) is 16.7 Å². The van der Waals surface area contributed by atoms with Crippen molar-refractivity contribution in [3.8, 4) is 6.07 Å². The quantitative estimate of drug-likeness (QED) is 0.473. The van der Waals surface area contributed by atoms with Crippen LogP contribution < -0.4 is 4.90 Å². The third kappa shape index (κ3) is 4.03. The maximum atomic E-state index is 9.51. The van der Waals surface area contributed by atoms with Gasteiger partial charge in [0.15, 0.2) is 5.65 Å². The highest BCUT2D eigenvalue weighted by Crippen LogP contribution is 2.39. The van der Waals surface area contributed by atoms with Gasteiger partial charge in [0.05, 0.1) is 17.4 Å². The first-order valence-corrected chi connectivity index (χ1v) is 12.5. The maximum absolute atomic E-state index is 9.51. The van der Waals surface area contributed by atoms with E-state index in [4.69, 9.17) is 9.97 Å². The lowest BCUT2D eigenvalue weighted by atomic mass is 9.99. The molecule has 2 aromatic heterocycles. The zero-order valence-corrected chi connectivity index (χ0v) is 21.4. The predicted molar refractivity (Wildman–Crippen MR) is 136 cm³/mol. The number of nitrogens with zero attached hydrogens (tertiary/aromatic N) is 5. The van der Waals surface area contributed by atoms with Crippen LogP contribution >= 0.6 is 15.9 Å². The average molecular weight is 494 g/mol. The normalized spacial score (nSPS) is 19.7. The van der Waals surface area contributed by atoms with Crippen molar-refractivity contribution >= 4 is 38.5 Å². The summed E-state index contributed by atoms with van der Waals surface area (Å²) in [5, 5.41) is 10.6. The van der Waals surface area contributed by atoms with Crippen molar-refractivity contribution in [1.29, 1.82) is 5.26 Å². The van der Waals surface area contributed by atoms with E-state index in [9.17, 15) is 5.26 Å². The molecule has 0 bridgehead atoms. The Hall–Kier alpha value is -2.39.